The van der Waals surface area contributed by atoms with Crippen molar-refractivity contribution in [1.29, 1.82) is 0 Å². The van der Waals surface area contributed by atoms with E-state index in [9.17, 15) is 27.6 Å². The molecule has 3 rings (SSSR count). The van der Waals surface area contributed by atoms with Crippen molar-refractivity contribution in [2.75, 3.05) is 19.6 Å². The highest BCUT2D eigenvalue weighted by atomic mass is 19.4. The van der Waals surface area contributed by atoms with Crippen molar-refractivity contribution < 1.29 is 32.3 Å². The average Bonchev–Trinajstić information content (AvgIpc) is 3.11. The Morgan fingerprint density at radius 3 is 2.39 bits per heavy atom. The number of fused-ring (bicyclic) bond motifs is 1. The van der Waals surface area contributed by atoms with Gasteiger partial charge in [0.2, 0.25) is 5.91 Å². The van der Waals surface area contributed by atoms with E-state index in [1.54, 1.807) is 11.1 Å². The van der Waals surface area contributed by atoms with Crippen molar-refractivity contribution in [2.45, 2.75) is 64.5 Å². The van der Waals surface area contributed by atoms with Crippen molar-refractivity contribution in [2.24, 2.45) is 0 Å². The molecule has 2 aliphatic rings. The van der Waals surface area contributed by atoms with E-state index in [0.29, 0.717) is 38.3 Å². The number of aromatic nitrogens is 2. The lowest BCUT2D eigenvalue weighted by atomic mass is 9.89. The van der Waals surface area contributed by atoms with Gasteiger partial charge in [0, 0.05) is 44.8 Å². The zero-order chi connectivity index (χ0) is 23.0. The highest BCUT2D eigenvalue weighted by molar-refractivity contribution is 5.92. The van der Waals surface area contributed by atoms with Crippen LogP contribution in [0.25, 0.3) is 0 Å². The first kappa shape index (κ1) is 22.9. The summed E-state index contributed by atoms with van der Waals surface area (Å²) < 4.78 is 44.1. The average molecular weight is 445 g/mol. The predicted octanol–water partition coefficient (Wildman–Crippen LogP) is 1.92. The fourth-order valence-electron chi connectivity index (χ4n) is 3.57. The molecule has 2 aliphatic heterocycles. The Morgan fingerprint density at radius 2 is 1.81 bits per heavy atom. The van der Waals surface area contributed by atoms with Gasteiger partial charge >= 0.3 is 12.3 Å². The molecule has 0 aliphatic carbocycles. The number of nitrogens with one attached hydrogen (secondary N) is 1. The first-order valence-electron chi connectivity index (χ1n) is 10.0. The second kappa shape index (κ2) is 8.39. The standard InChI is InChI=1S/C19H26F3N5O4/c1-12(19(20,21)22)31-17(30)25-6-4-18(3,5-7-25)24-16(29)14-10-27-9-8-26(13(2)28)11-15(27)23-14/h10,12H,4-9,11H2,1-3H3,(H,24,29). The van der Waals surface area contributed by atoms with Gasteiger partial charge in [-0.3, -0.25) is 9.59 Å². The molecule has 1 aromatic rings. The van der Waals surface area contributed by atoms with Crippen molar-refractivity contribution >= 4 is 17.9 Å². The monoisotopic (exact) mass is 445 g/mol. The zero-order valence-electron chi connectivity index (χ0n) is 17.7. The van der Waals surface area contributed by atoms with Gasteiger partial charge in [0.1, 0.15) is 11.5 Å². The minimum Gasteiger partial charge on any atom is -0.437 e. The van der Waals surface area contributed by atoms with Gasteiger partial charge in [0.15, 0.2) is 6.10 Å². The molecule has 1 N–H and O–H groups in total. The maximum Gasteiger partial charge on any atom is 0.425 e. The first-order chi connectivity index (χ1) is 14.4. The Balaban J connectivity index is 1.55. The van der Waals surface area contributed by atoms with Crippen LogP contribution in [0, 0.1) is 0 Å². The molecule has 3 amide bonds. The minimum absolute atomic E-state index is 0.0531. The van der Waals surface area contributed by atoms with E-state index in [1.807, 2.05) is 11.5 Å². The summed E-state index contributed by atoms with van der Waals surface area (Å²) >= 11 is 0. The summed E-state index contributed by atoms with van der Waals surface area (Å²) in [4.78, 5) is 43.5. The van der Waals surface area contributed by atoms with E-state index in [4.69, 9.17) is 0 Å². The quantitative estimate of drug-likeness (QED) is 0.767. The lowest BCUT2D eigenvalue weighted by Gasteiger charge is -2.39. The van der Waals surface area contributed by atoms with E-state index in [1.165, 1.54) is 11.8 Å². The summed E-state index contributed by atoms with van der Waals surface area (Å²) in [6.45, 7) is 5.86. The highest BCUT2D eigenvalue weighted by Crippen LogP contribution is 2.26. The molecule has 0 aromatic carbocycles. The largest absolute Gasteiger partial charge is 0.437 e. The number of carbonyl (C=O) groups excluding carboxylic acids is 3. The Hall–Kier alpha value is -2.79. The third-order valence-electron chi connectivity index (χ3n) is 5.76. The van der Waals surface area contributed by atoms with Gasteiger partial charge in [-0.2, -0.15) is 13.2 Å². The highest BCUT2D eigenvalue weighted by Gasteiger charge is 2.41. The Morgan fingerprint density at radius 1 is 1.16 bits per heavy atom. The molecule has 172 valence electrons. The summed E-state index contributed by atoms with van der Waals surface area (Å²) in [6.07, 6.45) is -5.44. The molecule has 9 nitrogen and oxygen atoms in total. The predicted molar refractivity (Wildman–Crippen MR) is 102 cm³/mol. The van der Waals surface area contributed by atoms with Gasteiger partial charge < -0.3 is 24.4 Å². The molecule has 1 unspecified atom stereocenters. The molecular formula is C19H26F3N5O4. The number of halogens is 3. The maximum absolute atomic E-state index is 12.7. The van der Waals surface area contributed by atoms with Crippen LogP contribution < -0.4 is 5.32 Å². The molecule has 1 aromatic heterocycles. The zero-order valence-corrected chi connectivity index (χ0v) is 17.7. The van der Waals surface area contributed by atoms with Crippen LogP contribution in [0.5, 0.6) is 0 Å². The molecule has 3 heterocycles. The van der Waals surface area contributed by atoms with Crippen LogP contribution in [-0.2, 0) is 22.6 Å². The van der Waals surface area contributed by atoms with Crippen LogP contribution in [0.2, 0.25) is 0 Å². The summed E-state index contributed by atoms with van der Waals surface area (Å²) in [7, 11) is 0. The molecule has 12 heteroatoms. The number of alkyl halides is 3. The SMILES string of the molecule is CC(=O)N1CCn2cc(C(=O)NC3(C)CCN(C(=O)OC(C)C(F)(F)F)CC3)nc2C1. The Kier molecular flexibility index (Phi) is 6.19. The molecule has 0 spiro atoms. The Labute approximate surface area is 177 Å². The van der Waals surface area contributed by atoms with Crippen LogP contribution >= 0.6 is 0 Å². The molecular weight excluding hydrogens is 419 g/mol. The number of ether oxygens (including phenoxy) is 1. The fraction of sp³-hybridized carbons (Fsp3) is 0.684. The Bertz CT molecular complexity index is 861. The van der Waals surface area contributed by atoms with Crippen LogP contribution in [0.15, 0.2) is 6.20 Å². The number of piperidine rings is 1. The topological polar surface area (TPSA) is 96.8 Å². The van der Waals surface area contributed by atoms with Crippen molar-refractivity contribution in [3.63, 3.8) is 0 Å². The third kappa shape index (κ3) is 5.28. The lowest BCUT2D eigenvalue weighted by molar-refractivity contribution is -0.200. The van der Waals surface area contributed by atoms with E-state index < -0.39 is 23.9 Å². The van der Waals surface area contributed by atoms with Gasteiger partial charge in [-0.25, -0.2) is 9.78 Å². The summed E-state index contributed by atoms with van der Waals surface area (Å²) in [5.74, 6) is 0.205. The summed E-state index contributed by atoms with van der Waals surface area (Å²) in [5, 5.41) is 2.93. The molecule has 0 saturated carbocycles. The van der Waals surface area contributed by atoms with Crippen LogP contribution in [-0.4, -0.2) is 74.7 Å². The van der Waals surface area contributed by atoms with Gasteiger partial charge in [0.05, 0.1) is 6.54 Å². The van der Waals surface area contributed by atoms with Gasteiger partial charge in [-0.1, -0.05) is 0 Å². The van der Waals surface area contributed by atoms with E-state index >= 15 is 0 Å². The van der Waals surface area contributed by atoms with Crippen molar-refractivity contribution in [3.8, 4) is 0 Å². The molecule has 1 saturated heterocycles. The summed E-state index contributed by atoms with van der Waals surface area (Å²) in [5.41, 5.74) is -0.401. The number of amides is 3. The molecule has 0 radical (unpaired) electrons. The van der Waals surface area contributed by atoms with E-state index in [2.05, 4.69) is 15.0 Å². The number of rotatable bonds is 3. The van der Waals surface area contributed by atoms with Crippen molar-refractivity contribution in [3.05, 3.63) is 17.7 Å². The second-order valence-corrected chi connectivity index (χ2v) is 8.25. The fourth-order valence-corrected chi connectivity index (χ4v) is 3.57. The smallest absolute Gasteiger partial charge is 0.425 e. The lowest BCUT2D eigenvalue weighted by Crippen LogP contribution is -2.54. The van der Waals surface area contributed by atoms with Crippen LogP contribution in [0.4, 0.5) is 18.0 Å². The van der Waals surface area contributed by atoms with Gasteiger partial charge in [0.25, 0.3) is 5.91 Å². The number of hydrogen-bond acceptors (Lipinski definition) is 5. The van der Waals surface area contributed by atoms with E-state index in [0.717, 1.165) is 6.92 Å². The van der Waals surface area contributed by atoms with Gasteiger partial charge in [-0.15, -0.1) is 0 Å². The van der Waals surface area contributed by atoms with Crippen LogP contribution in [0.3, 0.4) is 0 Å². The van der Waals surface area contributed by atoms with Gasteiger partial charge in [-0.05, 0) is 26.7 Å². The maximum atomic E-state index is 12.7. The molecule has 1 atom stereocenters. The second-order valence-electron chi connectivity index (χ2n) is 8.25. The van der Waals surface area contributed by atoms with Crippen LogP contribution in [0.1, 0.15) is 49.9 Å². The number of imidazole rings is 1. The number of nitrogens with zero attached hydrogens (tertiary/aromatic N) is 4. The number of carbonyl (C=O) groups is 3. The first-order valence-corrected chi connectivity index (χ1v) is 10.0. The number of hydrogen-bond donors (Lipinski definition) is 1. The normalized spacial score (nSPS) is 19.4. The third-order valence-corrected chi connectivity index (χ3v) is 5.76. The molecule has 1 fully saturated rings. The number of likely N-dealkylation sites (tertiary alicyclic amines) is 1. The molecule has 31 heavy (non-hydrogen) atoms. The molecule has 0 bridgehead atoms. The van der Waals surface area contributed by atoms with E-state index in [-0.39, 0.29) is 30.6 Å². The van der Waals surface area contributed by atoms with Crippen molar-refractivity contribution in [1.82, 2.24) is 24.7 Å². The minimum atomic E-state index is -4.61. The summed E-state index contributed by atoms with van der Waals surface area (Å²) in [6, 6.07) is 0.